The van der Waals surface area contributed by atoms with Gasteiger partial charge in [0, 0.05) is 12.4 Å². The van der Waals surface area contributed by atoms with E-state index in [1.165, 1.54) is 6.20 Å². The first kappa shape index (κ1) is 15.1. The number of carbonyl (C=O) groups excluding carboxylic acids is 1. The number of amides is 1. The van der Waals surface area contributed by atoms with E-state index in [-0.39, 0.29) is 5.91 Å². The summed E-state index contributed by atoms with van der Waals surface area (Å²) < 4.78 is 5.86. The fraction of sp³-hybridized carbons (Fsp3) is 0.0500. The first-order valence-electron chi connectivity index (χ1n) is 7.89. The number of para-hydroxylation sites is 1. The summed E-state index contributed by atoms with van der Waals surface area (Å²) in [6, 6.07) is 16.7. The van der Waals surface area contributed by atoms with Gasteiger partial charge in [0.2, 0.25) is 5.89 Å². The van der Waals surface area contributed by atoms with Crippen molar-refractivity contribution in [1.29, 1.82) is 0 Å². The molecule has 0 radical (unpaired) electrons. The van der Waals surface area contributed by atoms with Gasteiger partial charge < -0.3 is 9.73 Å². The Morgan fingerprint density at radius 3 is 2.80 bits per heavy atom. The van der Waals surface area contributed by atoms with E-state index in [0.717, 1.165) is 16.6 Å². The van der Waals surface area contributed by atoms with Crippen molar-refractivity contribution < 1.29 is 9.21 Å². The number of rotatable bonds is 3. The number of benzene rings is 2. The fourth-order valence-electron chi connectivity index (χ4n) is 2.62. The van der Waals surface area contributed by atoms with Crippen molar-refractivity contribution in [2.75, 3.05) is 5.32 Å². The molecule has 5 nitrogen and oxygen atoms in total. The maximum atomic E-state index is 12.4. The van der Waals surface area contributed by atoms with Crippen molar-refractivity contribution >= 4 is 22.7 Å². The van der Waals surface area contributed by atoms with Gasteiger partial charge in [-0.15, -0.1) is 0 Å². The van der Waals surface area contributed by atoms with Gasteiger partial charge in [0.25, 0.3) is 5.91 Å². The van der Waals surface area contributed by atoms with Crippen LogP contribution in [0.25, 0.3) is 22.6 Å². The fourth-order valence-corrected chi connectivity index (χ4v) is 2.62. The zero-order valence-electron chi connectivity index (χ0n) is 13.6. The number of carbonyl (C=O) groups is 1. The van der Waals surface area contributed by atoms with E-state index in [0.29, 0.717) is 22.7 Å². The Morgan fingerprint density at radius 2 is 1.96 bits per heavy atom. The smallest absolute Gasteiger partial charge is 0.257 e. The number of hydrogen-bond donors (Lipinski definition) is 1. The van der Waals surface area contributed by atoms with E-state index in [1.807, 2.05) is 49.4 Å². The Morgan fingerprint density at radius 1 is 1.08 bits per heavy atom. The van der Waals surface area contributed by atoms with E-state index in [1.54, 1.807) is 18.3 Å². The van der Waals surface area contributed by atoms with Crippen LogP contribution in [0.3, 0.4) is 0 Å². The minimum atomic E-state index is -0.229. The molecule has 1 amide bonds. The number of oxazole rings is 1. The predicted molar refractivity (Wildman–Crippen MR) is 96.4 cm³/mol. The Labute approximate surface area is 144 Å². The van der Waals surface area contributed by atoms with Gasteiger partial charge in [-0.2, -0.15) is 0 Å². The van der Waals surface area contributed by atoms with Crippen LogP contribution in [0.4, 0.5) is 5.69 Å². The van der Waals surface area contributed by atoms with Crippen LogP contribution >= 0.6 is 0 Å². The van der Waals surface area contributed by atoms with Crippen molar-refractivity contribution in [2.24, 2.45) is 0 Å². The van der Waals surface area contributed by atoms with Crippen molar-refractivity contribution in [3.63, 3.8) is 0 Å². The van der Waals surface area contributed by atoms with Crippen molar-refractivity contribution in [3.8, 4) is 11.5 Å². The second-order valence-electron chi connectivity index (χ2n) is 5.73. The van der Waals surface area contributed by atoms with E-state index >= 15 is 0 Å². The average Bonchev–Trinajstić information content (AvgIpc) is 3.06. The van der Waals surface area contributed by atoms with Gasteiger partial charge in [0.05, 0.1) is 16.8 Å². The monoisotopic (exact) mass is 329 g/mol. The maximum Gasteiger partial charge on any atom is 0.257 e. The summed E-state index contributed by atoms with van der Waals surface area (Å²) in [5, 5.41) is 2.90. The molecule has 2 aromatic heterocycles. The summed E-state index contributed by atoms with van der Waals surface area (Å²) in [5.74, 6) is 0.246. The molecule has 4 aromatic rings. The van der Waals surface area contributed by atoms with Gasteiger partial charge in [0.15, 0.2) is 5.58 Å². The normalized spacial score (nSPS) is 10.8. The van der Waals surface area contributed by atoms with Crippen molar-refractivity contribution in [3.05, 3.63) is 78.1 Å². The Balaban J connectivity index is 1.72. The third-order valence-electron chi connectivity index (χ3n) is 3.87. The highest BCUT2D eigenvalue weighted by molar-refractivity contribution is 6.05. The lowest BCUT2D eigenvalue weighted by Crippen LogP contribution is -2.12. The largest absolute Gasteiger partial charge is 0.436 e. The Kier molecular flexibility index (Phi) is 3.74. The summed E-state index contributed by atoms with van der Waals surface area (Å²) in [7, 11) is 0. The zero-order valence-corrected chi connectivity index (χ0v) is 13.6. The van der Waals surface area contributed by atoms with Gasteiger partial charge in [0.1, 0.15) is 5.52 Å². The van der Waals surface area contributed by atoms with Crippen LogP contribution in [0.1, 0.15) is 15.9 Å². The van der Waals surface area contributed by atoms with Crippen molar-refractivity contribution in [1.82, 2.24) is 9.97 Å². The number of anilines is 1. The molecule has 122 valence electrons. The molecule has 0 aliphatic heterocycles. The number of aromatic nitrogens is 2. The summed E-state index contributed by atoms with van der Waals surface area (Å²) in [4.78, 5) is 20.9. The second kappa shape index (κ2) is 6.20. The molecule has 0 saturated heterocycles. The summed E-state index contributed by atoms with van der Waals surface area (Å²) in [6.45, 7) is 2.01. The molecule has 2 heterocycles. The minimum absolute atomic E-state index is 0.229. The molecule has 1 N–H and O–H groups in total. The van der Waals surface area contributed by atoms with Crippen LogP contribution < -0.4 is 5.32 Å². The molecule has 0 aliphatic rings. The number of nitrogens with zero attached hydrogens (tertiary/aromatic N) is 2. The molecule has 0 spiro atoms. The number of hydrogen-bond acceptors (Lipinski definition) is 4. The summed E-state index contributed by atoms with van der Waals surface area (Å²) >= 11 is 0. The van der Waals surface area contributed by atoms with E-state index in [9.17, 15) is 4.79 Å². The lowest BCUT2D eigenvalue weighted by atomic mass is 10.1. The van der Waals surface area contributed by atoms with Crippen LogP contribution in [0.2, 0.25) is 0 Å². The first-order valence-corrected chi connectivity index (χ1v) is 7.89. The van der Waals surface area contributed by atoms with Crippen molar-refractivity contribution in [2.45, 2.75) is 6.92 Å². The minimum Gasteiger partial charge on any atom is -0.436 e. The quantitative estimate of drug-likeness (QED) is 0.603. The van der Waals surface area contributed by atoms with Gasteiger partial charge in [-0.05, 0) is 48.9 Å². The second-order valence-corrected chi connectivity index (χ2v) is 5.73. The molecular weight excluding hydrogens is 314 g/mol. The van der Waals surface area contributed by atoms with E-state index in [4.69, 9.17) is 4.42 Å². The van der Waals surface area contributed by atoms with Gasteiger partial charge in [-0.1, -0.05) is 18.2 Å². The molecule has 0 aliphatic carbocycles. The highest BCUT2D eigenvalue weighted by Crippen LogP contribution is 2.30. The third kappa shape index (κ3) is 2.99. The van der Waals surface area contributed by atoms with Crippen LogP contribution in [0.5, 0.6) is 0 Å². The summed E-state index contributed by atoms with van der Waals surface area (Å²) in [6.07, 6.45) is 3.16. The highest BCUT2D eigenvalue weighted by atomic mass is 16.3. The molecular formula is C20H15N3O2. The first-order chi connectivity index (χ1) is 12.2. The Bertz CT molecular complexity index is 1050. The molecule has 0 atom stereocenters. The topological polar surface area (TPSA) is 68.0 Å². The Hall–Kier alpha value is -3.47. The highest BCUT2D eigenvalue weighted by Gasteiger charge is 2.14. The molecule has 25 heavy (non-hydrogen) atoms. The molecule has 4 rings (SSSR count). The molecule has 2 aromatic carbocycles. The van der Waals surface area contributed by atoms with Gasteiger partial charge in [-0.3, -0.25) is 9.78 Å². The molecule has 0 saturated carbocycles. The van der Waals surface area contributed by atoms with Gasteiger partial charge in [-0.25, -0.2) is 4.98 Å². The summed E-state index contributed by atoms with van der Waals surface area (Å²) in [5.41, 5.74) is 4.49. The predicted octanol–water partition coefficient (Wildman–Crippen LogP) is 4.45. The van der Waals surface area contributed by atoms with Crippen LogP contribution in [-0.4, -0.2) is 15.9 Å². The third-order valence-corrected chi connectivity index (χ3v) is 3.87. The lowest BCUT2D eigenvalue weighted by Gasteiger charge is -2.08. The standard InChI is InChI=1S/C20H15N3O2/c1-13-8-9-18-17(11-13)23-20(25-18)15-6-2-3-7-16(15)22-19(24)14-5-4-10-21-12-14/h2-12H,1H3,(H,22,24). The lowest BCUT2D eigenvalue weighted by molar-refractivity contribution is 0.102. The average molecular weight is 329 g/mol. The van der Waals surface area contributed by atoms with Crippen LogP contribution in [-0.2, 0) is 0 Å². The molecule has 0 bridgehead atoms. The maximum absolute atomic E-state index is 12.4. The molecule has 5 heteroatoms. The van der Waals surface area contributed by atoms with E-state index in [2.05, 4.69) is 15.3 Å². The molecule has 0 unspecified atom stereocenters. The number of fused-ring (bicyclic) bond motifs is 1. The number of nitrogens with one attached hydrogen (secondary N) is 1. The van der Waals surface area contributed by atoms with Gasteiger partial charge >= 0.3 is 0 Å². The van der Waals surface area contributed by atoms with Crippen LogP contribution in [0.15, 0.2) is 71.4 Å². The van der Waals surface area contributed by atoms with Crippen LogP contribution in [0, 0.1) is 6.92 Å². The number of aryl methyl sites for hydroxylation is 1. The van der Waals surface area contributed by atoms with E-state index < -0.39 is 0 Å². The SMILES string of the molecule is Cc1ccc2oc(-c3ccccc3NC(=O)c3cccnc3)nc2c1. The molecule has 0 fully saturated rings. The number of pyridine rings is 1. The zero-order chi connectivity index (χ0) is 17.2.